The van der Waals surface area contributed by atoms with Gasteiger partial charge in [0.1, 0.15) is 5.82 Å². The largest absolute Gasteiger partial charge is 0.411 e. The molecule has 0 atom stereocenters. The van der Waals surface area contributed by atoms with Gasteiger partial charge in [0.15, 0.2) is 0 Å². The molecule has 2 nitrogen and oxygen atoms in total. The van der Waals surface area contributed by atoms with Gasteiger partial charge in [-0.1, -0.05) is 16.8 Å². The second kappa shape index (κ2) is 4.95. The van der Waals surface area contributed by atoms with Gasteiger partial charge in [0.25, 0.3) is 0 Å². The number of nitrogens with zero attached hydrogens (tertiary/aromatic N) is 1. The van der Waals surface area contributed by atoms with E-state index in [4.69, 9.17) is 16.8 Å². The second-order valence-corrected chi connectivity index (χ2v) is 2.32. The van der Waals surface area contributed by atoms with Gasteiger partial charge in [-0.3, -0.25) is 0 Å². The molecule has 0 unspecified atom stereocenters. The summed E-state index contributed by atoms with van der Waals surface area (Å²) in [7, 11) is 0. The Morgan fingerprint density at radius 1 is 1.50 bits per heavy atom. The van der Waals surface area contributed by atoms with Crippen LogP contribution in [-0.2, 0) is 0 Å². The zero-order valence-corrected chi connectivity index (χ0v) is 7.44. The van der Waals surface area contributed by atoms with Gasteiger partial charge in [-0.2, -0.15) is 0 Å². The van der Waals surface area contributed by atoms with E-state index in [1.165, 1.54) is 12.1 Å². The maximum atomic E-state index is 12.4. The molecular weight excluding hydrogens is 204 g/mol. The summed E-state index contributed by atoms with van der Waals surface area (Å²) in [4.78, 5) is 0. The molecule has 1 rings (SSSR count). The summed E-state index contributed by atoms with van der Waals surface area (Å²) in [5.74, 6) is -0.412. The minimum Gasteiger partial charge on any atom is -0.411 e. The molecule has 0 heterocycles. The van der Waals surface area contributed by atoms with Crippen LogP contribution in [0.15, 0.2) is 23.4 Å². The first-order valence-corrected chi connectivity index (χ1v) is 3.24. The molecule has 0 aliphatic carbocycles. The molecule has 0 amide bonds. The van der Waals surface area contributed by atoms with E-state index in [9.17, 15) is 4.39 Å². The monoisotopic (exact) mass is 209 g/mol. The predicted octanol–water partition coefficient (Wildman–Crippen LogP) is 2.71. The third-order valence-corrected chi connectivity index (χ3v) is 1.49. The van der Waals surface area contributed by atoms with Crippen LogP contribution in [0.25, 0.3) is 0 Å². The van der Waals surface area contributed by atoms with E-state index >= 15 is 0 Å². The summed E-state index contributed by atoms with van der Waals surface area (Å²) in [6.45, 7) is 0. The fourth-order valence-electron chi connectivity index (χ4n) is 0.668. The third kappa shape index (κ3) is 2.68. The summed E-state index contributed by atoms with van der Waals surface area (Å²) in [6.07, 6.45) is 1.14. The molecular formula is C7H6Cl2FNO. The van der Waals surface area contributed by atoms with Gasteiger partial charge in [0, 0.05) is 5.56 Å². The Labute approximate surface area is 80.1 Å². The highest BCUT2D eigenvalue weighted by Gasteiger charge is 1.97. The average Bonchev–Trinajstić information content (AvgIpc) is 1.95. The standard InChI is InChI=1S/C7H5ClFNO.ClH/c8-7-3-6(9)2-1-5(7)4-10-11;/h1-4,11H;1H. The number of rotatable bonds is 1. The van der Waals surface area contributed by atoms with Gasteiger partial charge >= 0.3 is 0 Å². The second-order valence-electron chi connectivity index (χ2n) is 1.91. The molecule has 0 radical (unpaired) electrons. The summed E-state index contributed by atoms with van der Waals surface area (Å²) >= 11 is 5.57. The Hall–Kier alpha value is -0.800. The van der Waals surface area contributed by atoms with Crippen LogP contribution in [0.2, 0.25) is 5.02 Å². The zero-order chi connectivity index (χ0) is 8.27. The van der Waals surface area contributed by atoms with E-state index in [0.717, 1.165) is 12.3 Å². The van der Waals surface area contributed by atoms with Crippen LogP contribution in [0, 0.1) is 5.82 Å². The van der Waals surface area contributed by atoms with Crippen LogP contribution in [0.4, 0.5) is 4.39 Å². The van der Waals surface area contributed by atoms with Crippen molar-refractivity contribution in [2.24, 2.45) is 5.16 Å². The molecule has 0 aromatic heterocycles. The fraction of sp³-hybridized carbons (Fsp3) is 0. The minimum absolute atomic E-state index is 0. The fourth-order valence-corrected chi connectivity index (χ4v) is 0.884. The lowest BCUT2D eigenvalue weighted by molar-refractivity contribution is 0.322. The van der Waals surface area contributed by atoms with E-state index in [1.54, 1.807) is 0 Å². The zero-order valence-electron chi connectivity index (χ0n) is 5.87. The van der Waals surface area contributed by atoms with Crippen molar-refractivity contribution in [1.29, 1.82) is 0 Å². The maximum absolute atomic E-state index is 12.4. The first-order chi connectivity index (χ1) is 5.24. The lowest BCUT2D eigenvalue weighted by Gasteiger charge is -1.94. The van der Waals surface area contributed by atoms with Gasteiger partial charge in [-0.15, -0.1) is 12.4 Å². The molecule has 12 heavy (non-hydrogen) atoms. The number of benzene rings is 1. The molecule has 1 N–H and O–H groups in total. The molecule has 1 aromatic rings. The number of oxime groups is 1. The molecule has 0 aliphatic rings. The van der Waals surface area contributed by atoms with Crippen molar-refractivity contribution < 1.29 is 9.60 Å². The van der Waals surface area contributed by atoms with Gasteiger partial charge in [0.2, 0.25) is 0 Å². The number of halogens is 3. The molecule has 0 bridgehead atoms. The summed E-state index contributed by atoms with van der Waals surface area (Å²) in [5.41, 5.74) is 0.482. The number of hydrogen-bond donors (Lipinski definition) is 1. The molecule has 0 fully saturated rings. The lowest BCUT2D eigenvalue weighted by Crippen LogP contribution is -1.83. The smallest absolute Gasteiger partial charge is 0.124 e. The van der Waals surface area contributed by atoms with Gasteiger partial charge in [-0.25, -0.2) is 4.39 Å². The molecule has 5 heteroatoms. The summed E-state index contributed by atoms with van der Waals surface area (Å²) < 4.78 is 12.4. The first-order valence-electron chi connectivity index (χ1n) is 2.86. The van der Waals surface area contributed by atoms with Crippen LogP contribution >= 0.6 is 24.0 Å². The first kappa shape index (κ1) is 11.2. The van der Waals surface area contributed by atoms with Crippen molar-refractivity contribution in [1.82, 2.24) is 0 Å². The maximum Gasteiger partial charge on any atom is 0.124 e. The normalized spacial score (nSPS) is 9.83. The SMILES string of the molecule is Cl.ON=Cc1ccc(F)cc1Cl. The van der Waals surface area contributed by atoms with Crippen molar-refractivity contribution in [2.45, 2.75) is 0 Å². The minimum atomic E-state index is -0.412. The number of hydrogen-bond acceptors (Lipinski definition) is 2. The van der Waals surface area contributed by atoms with Gasteiger partial charge in [-0.05, 0) is 18.2 Å². The van der Waals surface area contributed by atoms with Crippen molar-refractivity contribution in [3.8, 4) is 0 Å². The molecule has 0 saturated heterocycles. The Morgan fingerprint density at radius 2 is 2.17 bits per heavy atom. The topological polar surface area (TPSA) is 32.6 Å². The van der Waals surface area contributed by atoms with Crippen LogP contribution in [-0.4, -0.2) is 11.4 Å². The van der Waals surface area contributed by atoms with E-state index in [-0.39, 0.29) is 17.4 Å². The highest BCUT2D eigenvalue weighted by molar-refractivity contribution is 6.33. The molecule has 0 saturated carbocycles. The van der Waals surface area contributed by atoms with E-state index in [0.29, 0.717) is 5.56 Å². The Morgan fingerprint density at radius 3 is 2.67 bits per heavy atom. The van der Waals surface area contributed by atoms with Crippen molar-refractivity contribution in [2.75, 3.05) is 0 Å². The van der Waals surface area contributed by atoms with E-state index in [1.807, 2.05) is 0 Å². The van der Waals surface area contributed by atoms with Crippen LogP contribution in [0.3, 0.4) is 0 Å². The quantitative estimate of drug-likeness (QED) is 0.431. The average molecular weight is 210 g/mol. The Balaban J connectivity index is 0.00000121. The third-order valence-electron chi connectivity index (χ3n) is 1.16. The highest BCUT2D eigenvalue weighted by atomic mass is 35.5. The van der Waals surface area contributed by atoms with Crippen molar-refractivity contribution in [3.63, 3.8) is 0 Å². The van der Waals surface area contributed by atoms with Crippen LogP contribution < -0.4 is 0 Å². The molecule has 0 spiro atoms. The Bertz CT molecular complexity index is 291. The molecule has 66 valence electrons. The van der Waals surface area contributed by atoms with Crippen molar-refractivity contribution >= 4 is 30.2 Å². The molecule has 1 aromatic carbocycles. The van der Waals surface area contributed by atoms with Gasteiger partial charge < -0.3 is 5.21 Å². The van der Waals surface area contributed by atoms with E-state index < -0.39 is 5.82 Å². The molecule has 0 aliphatic heterocycles. The van der Waals surface area contributed by atoms with Crippen molar-refractivity contribution in [3.05, 3.63) is 34.6 Å². The Kier molecular flexibility index (Phi) is 4.62. The van der Waals surface area contributed by atoms with Crippen LogP contribution in [0.1, 0.15) is 5.56 Å². The lowest BCUT2D eigenvalue weighted by atomic mass is 10.2. The van der Waals surface area contributed by atoms with E-state index in [2.05, 4.69) is 5.16 Å². The predicted molar refractivity (Wildman–Crippen MR) is 48.0 cm³/mol. The van der Waals surface area contributed by atoms with Crippen LogP contribution in [0.5, 0.6) is 0 Å². The van der Waals surface area contributed by atoms with Gasteiger partial charge in [0.05, 0.1) is 11.2 Å². The highest BCUT2D eigenvalue weighted by Crippen LogP contribution is 2.14. The summed E-state index contributed by atoms with van der Waals surface area (Å²) in [6, 6.07) is 3.82. The summed E-state index contributed by atoms with van der Waals surface area (Å²) in [5, 5.41) is 11.1.